The summed E-state index contributed by atoms with van der Waals surface area (Å²) in [5, 5.41) is 19.9. The van der Waals surface area contributed by atoms with Crippen LogP contribution in [0, 0.1) is 11.3 Å². The average Bonchev–Trinajstić information content (AvgIpc) is 3.31. The lowest BCUT2D eigenvalue weighted by atomic mass is 10.00. The van der Waals surface area contributed by atoms with Crippen LogP contribution in [0.3, 0.4) is 0 Å². The van der Waals surface area contributed by atoms with Crippen molar-refractivity contribution in [2.45, 2.75) is 31.7 Å². The van der Waals surface area contributed by atoms with Crippen molar-refractivity contribution in [3.8, 4) is 23.1 Å². The van der Waals surface area contributed by atoms with Crippen LogP contribution in [0.25, 0.3) is 11.1 Å². The standard InChI is InChI=1S/C23H26N6O3S.C3H6/c1-16(18-5-3-17(8-24)4-6-18)9-25-12-21-13-26-22-7-19(10-27-23(22)32-21)20-11-28-29(14-20)15-33(2,30)31;1-3-2/h3-7,10-11,14,16,21,25-26H,9,12-13,15H2,1-2H3;3H,1H2,2H3. The van der Waals surface area contributed by atoms with Gasteiger partial charge < -0.3 is 15.4 Å². The van der Waals surface area contributed by atoms with Gasteiger partial charge in [0.2, 0.25) is 5.88 Å². The van der Waals surface area contributed by atoms with Crippen LogP contribution in [0.2, 0.25) is 0 Å². The summed E-state index contributed by atoms with van der Waals surface area (Å²) in [5.41, 5.74) is 4.26. The van der Waals surface area contributed by atoms with E-state index in [9.17, 15) is 8.42 Å². The maximum absolute atomic E-state index is 11.5. The van der Waals surface area contributed by atoms with E-state index < -0.39 is 9.84 Å². The Kier molecular flexibility index (Phi) is 9.22. The molecule has 0 amide bonds. The van der Waals surface area contributed by atoms with Crippen LogP contribution >= 0.6 is 0 Å². The van der Waals surface area contributed by atoms with Gasteiger partial charge in [-0.1, -0.05) is 25.1 Å². The zero-order valence-electron chi connectivity index (χ0n) is 20.8. The molecule has 2 aromatic heterocycles. The molecular formula is C26H32N6O3S. The number of sulfone groups is 1. The number of aromatic nitrogens is 3. The predicted molar refractivity (Wildman–Crippen MR) is 142 cm³/mol. The fourth-order valence-electron chi connectivity index (χ4n) is 3.66. The molecule has 2 N–H and O–H groups in total. The van der Waals surface area contributed by atoms with Gasteiger partial charge in [-0.25, -0.2) is 13.4 Å². The molecule has 0 bridgehead atoms. The third-order valence-electron chi connectivity index (χ3n) is 5.41. The van der Waals surface area contributed by atoms with Gasteiger partial charge in [0.15, 0.2) is 9.84 Å². The van der Waals surface area contributed by atoms with E-state index in [1.807, 2.05) is 37.3 Å². The van der Waals surface area contributed by atoms with Gasteiger partial charge in [0.1, 0.15) is 12.0 Å². The lowest BCUT2D eigenvalue weighted by molar-refractivity contribution is 0.193. The van der Waals surface area contributed by atoms with Gasteiger partial charge in [-0.2, -0.15) is 10.4 Å². The lowest BCUT2D eigenvalue weighted by Crippen LogP contribution is -2.40. The summed E-state index contributed by atoms with van der Waals surface area (Å²) in [6.45, 7) is 9.51. The van der Waals surface area contributed by atoms with Gasteiger partial charge in [-0.3, -0.25) is 4.68 Å². The lowest BCUT2D eigenvalue weighted by Gasteiger charge is -2.27. The number of pyridine rings is 1. The Morgan fingerprint density at radius 2 is 2.06 bits per heavy atom. The first-order chi connectivity index (χ1) is 17.2. The largest absolute Gasteiger partial charge is 0.470 e. The first-order valence-corrected chi connectivity index (χ1v) is 13.7. The molecule has 1 aliphatic rings. The highest BCUT2D eigenvalue weighted by atomic mass is 32.2. The summed E-state index contributed by atoms with van der Waals surface area (Å²) in [5.74, 6) is 0.692. The van der Waals surface area contributed by atoms with Crippen molar-refractivity contribution in [3.05, 3.63) is 72.7 Å². The Morgan fingerprint density at radius 3 is 2.72 bits per heavy atom. The molecule has 36 heavy (non-hydrogen) atoms. The molecule has 2 atom stereocenters. The molecule has 9 nitrogen and oxygen atoms in total. The molecule has 0 saturated carbocycles. The summed E-state index contributed by atoms with van der Waals surface area (Å²) >= 11 is 0. The van der Waals surface area contributed by atoms with Crippen molar-refractivity contribution in [1.82, 2.24) is 20.1 Å². The monoisotopic (exact) mass is 508 g/mol. The quantitative estimate of drug-likeness (QED) is 0.443. The minimum atomic E-state index is -3.16. The molecule has 0 aliphatic carbocycles. The molecule has 3 heterocycles. The first-order valence-electron chi connectivity index (χ1n) is 11.6. The fraction of sp³-hybridized carbons (Fsp3) is 0.346. The van der Waals surface area contributed by atoms with E-state index in [1.54, 1.807) is 24.7 Å². The van der Waals surface area contributed by atoms with Crippen molar-refractivity contribution >= 4 is 15.5 Å². The molecule has 1 aliphatic heterocycles. The summed E-state index contributed by atoms with van der Waals surface area (Å²) in [6.07, 6.45) is 7.89. The number of rotatable bonds is 8. The fourth-order valence-corrected chi connectivity index (χ4v) is 4.28. The third kappa shape index (κ3) is 7.66. The van der Waals surface area contributed by atoms with Crippen LogP contribution in [0.5, 0.6) is 5.88 Å². The number of allylic oxidation sites excluding steroid dienone is 1. The second kappa shape index (κ2) is 12.3. The molecule has 2 unspecified atom stereocenters. The third-order valence-corrected chi connectivity index (χ3v) is 6.15. The first kappa shape index (κ1) is 26.9. The molecule has 3 aromatic rings. The van der Waals surface area contributed by atoms with E-state index in [0.717, 1.165) is 23.4 Å². The maximum Gasteiger partial charge on any atom is 0.237 e. The molecule has 4 rings (SSSR count). The van der Waals surface area contributed by atoms with Gasteiger partial charge in [0.05, 0.1) is 30.1 Å². The van der Waals surface area contributed by atoms with Crippen molar-refractivity contribution in [2.24, 2.45) is 0 Å². The zero-order valence-corrected chi connectivity index (χ0v) is 21.6. The summed E-state index contributed by atoms with van der Waals surface area (Å²) in [4.78, 5) is 4.44. The van der Waals surface area contributed by atoms with Crippen molar-refractivity contribution in [3.63, 3.8) is 0 Å². The van der Waals surface area contributed by atoms with E-state index in [-0.39, 0.29) is 12.0 Å². The van der Waals surface area contributed by atoms with Crippen LogP contribution < -0.4 is 15.4 Å². The number of nitrogens with zero attached hydrogens (tertiary/aromatic N) is 4. The van der Waals surface area contributed by atoms with Crippen LogP contribution in [0.15, 0.2) is 61.6 Å². The van der Waals surface area contributed by atoms with Crippen molar-refractivity contribution in [2.75, 3.05) is 31.2 Å². The number of nitriles is 1. The number of fused-ring (bicyclic) bond motifs is 1. The number of nitrogens with one attached hydrogen (secondary N) is 2. The number of hydrogen-bond donors (Lipinski definition) is 2. The highest BCUT2D eigenvalue weighted by molar-refractivity contribution is 7.89. The smallest absolute Gasteiger partial charge is 0.237 e. The molecule has 0 fully saturated rings. The molecular weight excluding hydrogens is 476 g/mol. The highest BCUT2D eigenvalue weighted by Crippen LogP contribution is 2.31. The highest BCUT2D eigenvalue weighted by Gasteiger charge is 2.21. The van der Waals surface area contributed by atoms with Gasteiger partial charge in [0.25, 0.3) is 0 Å². The van der Waals surface area contributed by atoms with Crippen molar-refractivity contribution in [1.29, 1.82) is 5.26 Å². The Labute approximate surface area is 212 Å². The van der Waals surface area contributed by atoms with Crippen LogP contribution in [-0.4, -0.2) is 55.2 Å². The number of hydrogen-bond acceptors (Lipinski definition) is 8. The summed E-state index contributed by atoms with van der Waals surface area (Å²) in [6, 6.07) is 11.7. The molecule has 1 aromatic carbocycles. The number of anilines is 1. The molecule has 0 saturated heterocycles. The predicted octanol–water partition coefficient (Wildman–Crippen LogP) is 3.58. The van der Waals surface area contributed by atoms with E-state index in [1.165, 1.54) is 16.5 Å². The summed E-state index contributed by atoms with van der Waals surface area (Å²) < 4.78 is 30.4. The second-order valence-corrected chi connectivity index (χ2v) is 10.8. The maximum atomic E-state index is 11.5. The minimum Gasteiger partial charge on any atom is -0.470 e. The number of ether oxygens (including phenoxy) is 1. The average molecular weight is 509 g/mol. The molecule has 190 valence electrons. The Hall–Kier alpha value is -3.68. The van der Waals surface area contributed by atoms with E-state index >= 15 is 0 Å². The van der Waals surface area contributed by atoms with Crippen molar-refractivity contribution < 1.29 is 13.2 Å². The van der Waals surface area contributed by atoms with E-state index in [2.05, 4.69) is 40.3 Å². The molecule has 10 heteroatoms. The second-order valence-electron chi connectivity index (χ2n) is 8.72. The van der Waals surface area contributed by atoms with Crippen LogP contribution in [-0.2, 0) is 15.7 Å². The Morgan fingerprint density at radius 1 is 1.33 bits per heavy atom. The SMILES string of the molecule is C=CC.CC(CNCC1CNc2cc(-c3cnn(CS(C)(=O)=O)c3)cnc2O1)c1ccc(C#N)cc1. The zero-order chi connectivity index (χ0) is 26.1. The minimum absolute atomic E-state index is 0.0541. The van der Waals surface area contributed by atoms with Crippen LogP contribution in [0.1, 0.15) is 30.9 Å². The topological polar surface area (TPSA) is 122 Å². The molecule has 0 spiro atoms. The Bertz CT molecular complexity index is 1310. The van der Waals surface area contributed by atoms with E-state index in [4.69, 9.17) is 10.00 Å². The van der Waals surface area contributed by atoms with Gasteiger partial charge in [-0.15, -0.1) is 6.58 Å². The van der Waals surface area contributed by atoms with Gasteiger partial charge >= 0.3 is 0 Å². The normalized spacial score (nSPS) is 15.2. The molecule has 0 radical (unpaired) electrons. The number of benzene rings is 1. The summed E-state index contributed by atoms with van der Waals surface area (Å²) in [7, 11) is -3.16. The van der Waals surface area contributed by atoms with Gasteiger partial charge in [0, 0.05) is 42.9 Å². The van der Waals surface area contributed by atoms with Gasteiger partial charge in [-0.05, 0) is 36.6 Å². The Balaban J connectivity index is 0.00000115. The van der Waals surface area contributed by atoms with E-state index in [0.29, 0.717) is 30.5 Å². The van der Waals surface area contributed by atoms with Crippen LogP contribution in [0.4, 0.5) is 5.69 Å².